The Morgan fingerprint density at radius 2 is 0.842 bits per heavy atom. The van der Waals surface area contributed by atoms with Gasteiger partial charge >= 0.3 is 6.03 Å². The normalized spacial score (nSPS) is 13.5. The fourth-order valence-corrected chi connectivity index (χ4v) is 4.61. The van der Waals surface area contributed by atoms with Gasteiger partial charge in [-0.25, -0.2) is 4.79 Å². The molecule has 38 heavy (non-hydrogen) atoms. The molecule has 0 N–H and O–H groups in total. The first kappa shape index (κ1) is 24.7. The molecule has 0 unspecified atom stereocenters. The van der Waals surface area contributed by atoms with Crippen molar-refractivity contribution in [1.29, 1.82) is 0 Å². The maximum Gasteiger partial charge on any atom is 0.333 e. The quantitative estimate of drug-likeness (QED) is 0.189. The van der Waals surface area contributed by atoms with Crippen molar-refractivity contribution in [3.8, 4) is 0 Å². The Kier molecular flexibility index (Phi) is 6.83. The van der Waals surface area contributed by atoms with E-state index >= 15 is 0 Å². The average Bonchev–Trinajstić information content (AvgIpc) is 2.98. The largest absolute Gasteiger partial charge is 0.333 e. The van der Waals surface area contributed by atoms with Crippen molar-refractivity contribution < 1.29 is 14.4 Å². The Labute approximate surface area is 222 Å². The van der Waals surface area contributed by atoms with Gasteiger partial charge < -0.3 is 0 Å². The summed E-state index contributed by atoms with van der Waals surface area (Å²) in [6, 6.07) is 38.0. The van der Waals surface area contributed by atoms with Crippen molar-refractivity contribution >= 4 is 35.1 Å². The molecule has 0 spiro atoms. The molecule has 186 valence electrons. The third kappa shape index (κ3) is 4.70. The number of amides is 4. The van der Waals surface area contributed by atoms with E-state index in [0.717, 1.165) is 43.2 Å². The number of imide groups is 2. The molecular formula is C33H26N2O3. The predicted molar refractivity (Wildman–Crippen MR) is 150 cm³/mol. The number of urea groups is 1. The second-order valence-electron chi connectivity index (χ2n) is 9.04. The topological polar surface area (TPSA) is 57.7 Å². The molecule has 1 fully saturated rings. The summed E-state index contributed by atoms with van der Waals surface area (Å²) in [6.45, 7) is 0. The predicted octanol–water partition coefficient (Wildman–Crippen LogP) is 6.13. The van der Waals surface area contributed by atoms with Gasteiger partial charge in [0.05, 0.1) is 0 Å². The highest BCUT2D eigenvalue weighted by Crippen LogP contribution is 2.37. The number of hydrogen-bond donors (Lipinski definition) is 0. The van der Waals surface area contributed by atoms with E-state index in [4.69, 9.17) is 0 Å². The second-order valence-corrected chi connectivity index (χ2v) is 9.04. The smallest absolute Gasteiger partial charge is 0.268 e. The number of carbonyl (C=O) groups is 3. The lowest BCUT2D eigenvalue weighted by molar-refractivity contribution is -0.134. The number of rotatable bonds is 5. The van der Waals surface area contributed by atoms with Gasteiger partial charge in [0, 0.05) is 14.1 Å². The summed E-state index contributed by atoms with van der Waals surface area (Å²) in [7, 11) is 2.74. The molecule has 4 aromatic carbocycles. The summed E-state index contributed by atoms with van der Waals surface area (Å²) in [5, 5.41) is 0. The molecule has 0 atom stereocenters. The van der Waals surface area contributed by atoms with Gasteiger partial charge in [-0.3, -0.25) is 19.4 Å². The lowest BCUT2D eigenvalue weighted by atomic mass is 9.85. The van der Waals surface area contributed by atoms with Crippen molar-refractivity contribution in [1.82, 2.24) is 9.80 Å². The van der Waals surface area contributed by atoms with Crippen molar-refractivity contribution in [3.63, 3.8) is 0 Å². The summed E-state index contributed by atoms with van der Waals surface area (Å²) < 4.78 is 0. The van der Waals surface area contributed by atoms with Crippen LogP contribution in [0.15, 0.2) is 121 Å². The van der Waals surface area contributed by atoms with Crippen LogP contribution in [-0.4, -0.2) is 41.7 Å². The summed E-state index contributed by atoms with van der Waals surface area (Å²) >= 11 is 0. The van der Waals surface area contributed by atoms with Gasteiger partial charge in [0.2, 0.25) is 0 Å². The number of nitrogens with zero attached hydrogens (tertiary/aromatic N) is 2. The monoisotopic (exact) mass is 498 g/mol. The van der Waals surface area contributed by atoms with Gasteiger partial charge in [0.15, 0.2) is 0 Å². The SMILES string of the molecule is CN1C(=O)C(=Cc2ccc(C(=C(c3ccccc3)c3ccccc3)c3ccccc3)cc2)C(=O)N(C)C1=O. The minimum Gasteiger partial charge on any atom is -0.268 e. The molecule has 0 aliphatic carbocycles. The molecule has 1 heterocycles. The molecule has 0 bridgehead atoms. The maximum atomic E-state index is 12.6. The Balaban J connectivity index is 1.66. The third-order valence-corrected chi connectivity index (χ3v) is 6.59. The Morgan fingerprint density at radius 1 is 0.500 bits per heavy atom. The number of hydrogen-bond acceptors (Lipinski definition) is 3. The summed E-state index contributed by atoms with van der Waals surface area (Å²) in [5.74, 6) is -1.22. The van der Waals surface area contributed by atoms with Crippen molar-refractivity contribution in [3.05, 3.63) is 149 Å². The van der Waals surface area contributed by atoms with E-state index in [1.54, 1.807) is 0 Å². The highest BCUT2D eigenvalue weighted by atomic mass is 16.2. The van der Waals surface area contributed by atoms with Crippen molar-refractivity contribution in [2.75, 3.05) is 14.1 Å². The highest BCUT2D eigenvalue weighted by molar-refractivity contribution is 6.30. The molecule has 1 aliphatic rings. The first-order chi connectivity index (χ1) is 18.5. The van der Waals surface area contributed by atoms with E-state index in [-0.39, 0.29) is 5.57 Å². The summed E-state index contributed by atoms with van der Waals surface area (Å²) in [4.78, 5) is 39.3. The minimum atomic E-state index is -0.639. The van der Waals surface area contributed by atoms with Gasteiger partial charge in [0.1, 0.15) is 5.57 Å². The molecular weight excluding hydrogens is 472 g/mol. The van der Waals surface area contributed by atoms with E-state index in [2.05, 4.69) is 36.4 Å². The van der Waals surface area contributed by atoms with Crippen LogP contribution in [0.5, 0.6) is 0 Å². The van der Waals surface area contributed by atoms with E-state index in [1.807, 2.05) is 78.9 Å². The molecule has 5 heteroatoms. The van der Waals surface area contributed by atoms with Crippen LogP contribution < -0.4 is 0 Å². The van der Waals surface area contributed by atoms with Gasteiger partial charge in [-0.05, 0) is 45.0 Å². The van der Waals surface area contributed by atoms with Crippen LogP contribution in [0.2, 0.25) is 0 Å². The first-order valence-electron chi connectivity index (χ1n) is 12.3. The molecule has 1 aliphatic heterocycles. The van der Waals surface area contributed by atoms with E-state index in [1.165, 1.54) is 20.2 Å². The van der Waals surface area contributed by atoms with Crippen molar-refractivity contribution in [2.45, 2.75) is 0 Å². The molecule has 5 rings (SSSR count). The highest BCUT2D eigenvalue weighted by Gasteiger charge is 2.37. The van der Waals surface area contributed by atoms with E-state index < -0.39 is 17.8 Å². The van der Waals surface area contributed by atoms with Crippen LogP contribution in [-0.2, 0) is 9.59 Å². The maximum absolute atomic E-state index is 12.6. The summed E-state index contributed by atoms with van der Waals surface area (Å²) in [5.41, 5.74) is 7.06. The molecule has 5 nitrogen and oxygen atoms in total. The van der Waals surface area contributed by atoms with Gasteiger partial charge in [-0.2, -0.15) is 0 Å². The molecule has 4 aromatic rings. The van der Waals surface area contributed by atoms with E-state index in [0.29, 0.717) is 5.56 Å². The average molecular weight is 499 g/mol. The number of barbiturate groups is 1. The van der Waals surface area contributed by atoms with Crippen LogP contribution in [0.4, 0.5) is 4.79 Å². The third-order valence-electron chi connectivity index (χ3n) is 6.59. The molecule has 1 saturated heterocycles. The summed E-state index contributed by atoms with van der Waals surface area (Å²) in [6.07, 6.45) is 1.54. The molecule has 0 radical (unpaired) electrons. The number of benzene rings is 4. The van der Waals surface area contributed by atoms with Crippen LogP contribution in [0.25, 0.3) is 17.2 Å². The van der Waals surface area contributed by atoms with Crippen LogP contribution in [0, 0.1) is 0 Å². The van der Waals surface area contributed by atoms with Crippen LogP contribution in [0.1, 0.15) is 27.8 Å². The number of carbonyl (C=O) groups excluding carboxylic acids is 3. The fraction of sp³-hybridized carbons (Fsp3) is 0.0606. The minimum absolute atomic E-state index is 0.0459. The zero-order valence-electron chi connectivity index (χ0n) is 21.2. The Morgan fingerprint density at radius 3 is 1.21 bits per heavy atom. The molecule has 0 aromatic heterocycles. The molecule has 0 saturated carbocycles. The standard InChI is InChI=1S/C33H26N2O3/c1-34-31(36)28(32(37)35(2)33(34)38)22-23-18-20-27(21-19-23)30(26-16-10-5-11-17-26)29(24-12-6-3-7-13-24)25-14-8-4-9-15-25/h3-22H,1-2H3. The number of likely N-dealkylation sites (N-methyl/N-ethyl adjacent to an activating group) is 2. The van der Waals surface area contributed by atoms with Gasteiger partial charge in [-0.1, -0.05) is 115 Å². The fourth-order valence-electron chi connectivity index (χ4n) is 4.61. The van der Waals surface area contributed by atoms with Crippen molar-refractivity contribution in [2.24, 2.45) is 0 Å². The Hall–Kier alpha value is -5.03. The first-order valence-corrected chi connectivity index (χ1v) is 12.3. The van der Waals surface area contributed by atoms with Gasteiger partial charge in [0.25, 0.3) is 11.8 Å². The zero-order valence-corrected chi connectivity index (χ0v) is 21.2. The lowest BCUT2D eigenvalue weighted by Gasteiger charge is -2.28. The van der Waals surface area contributed by atoms with Crippen LogP contribution >= 0.6 is 0 Å². The Bertz CT molecular complexity index is 1490. The van der Waals surface area contributed by atoms with Crippen LogP contribution in [0.3, 0.4) is 0 Å². The second kappa shape index (κ2) is 10.5. The van der Waals surface area contributed by atoms with E-state index in [9.17, 15) is 14.4 Å². The van der Waals surface area contributed by atoms with Gasteiger partial charge in [-0.15, -0.1) is 0 Å². The zero-order chi connectivity index (χ0) is 26.6. The lowest BCUT2D eigenvalue weighted by Crippen LogP contribution is -2.52. The molecule has 4 amide bonds.